The molecule has 0 aromatic carbocycles. The van der Waals surface area contributed by atoms with Gasteiger partial charge in [0.25, 0.3) is 0 Å². The van der Waals surface area contributed by atoms with Crippen molar-refractivity contribution in [3.63, 3.8) is 0 Å². The molecule has 146 valence electrons. The summed E-state index contributed by atoms with van der Waals surface area (Å²) >= 11 is 11.5. The summed E-state index contributed by atoms with van der Waals surface area (Å²) in [6.45, 7) is 7.43. The van der Waals surface area contributed by atoms with Gasteiger partial charge in [-0.05, 0) is 38.0 Å². The number of rotatable bonds is 9. The van der Waals surface area contributed by atoms with Crippen molar-refractivity contribution in [1.29, 1.82) is 0 Å². The molecule has 0 aliphatic heterocycles. The third-order valence-electron chi connectivity index (χ3n) is 5.56. The lowest BCUT2D eigenvalue weighted by molar-refractivity contribution is 0.187. The summed E-state index contributed by atoms with van der Waals surface area (Å²) in [5.41, 5.74) is 6.13. The Bertz CT molecular complexity index is 644. The van der Waals surface area contributed by atoms with Crippen molar-refractivity contribution in [3.8, 4) is 0 Å². The maximum atomic E-state index is 9.58. The summed E-state index contributed by atoms with van der Waals surface area (Å²) in [5.74, 6) is 1.58. The largest absolute Gasteiger partial charge is 0.396 e. The van der Waals surface area contributed by atoms with Crippen LogP contribution in [0.3, 0.4) is 0 Å². The van der Waals surface area contributed by atoms with Gasteiger partial charge in [-0.2, -0.15) is 4.98 Å². The van der Waals surface area contributed by atoms with Crippen LogP contribution in [0.15, 0.2) is 0 Å². The molecule has 1 saturated carbocycles. The average molecular weight is 400 g/mol. The number of halogens is 1. The Hall–Kier alpha value is -1.18. The molecule has 1 aliphatic carbocycles. The standard InChI is InChI=1S/C18H30ClN5OS/c1-4-5-6-9-21-17-22-14(19)13(15(20)26)16(23-17)24-18(3)8-7-12(10-25)11(18)2/h11-12,25H,4-10H2,1-3H3,(H2,20,26)(H2,21,22,23,24). The normalized spacial score (nSPS) is 25.3. The molecule has 5 N–H and O–H groups in total. The fraction of sp³-hybridized carbons (Fsp3) is 0.722. The summed E-state index contributed by atoms with van der Waals surface area (Å²) < 4.78 is 0. The number of aromatic nitrogens is 2. The fourth-order valence-electron chi connectivity index (χ4n) is 3.58. The Labute approximate surface area is 166 Å². The number of anilines is 2. The number of aliphatic hydroxyl groups excluding tert-OH is 1. The summed E-state index contributed by atoms with van der Waals surface area (Å²) in [4.78, 5) is 9.06. The second-order valence-corrected chi connectivity index (χ2v) is 8.17. The molecule has 1 aromatic rings. The van der Waals surface area contributed by atoms with Crippen LogP contribution in [0.1, 0.15) is 58.4 Å². The van der Waals surface area contributed by atoms with Crippen LogP contribution in [-0.4, -0.2) is 38.8 Å². The molecule has 2 rings (SSSR count). The van der Waals surface area contributed by atoms with E-state index in [0.717, 1.165) is 38.6 Å². The van der Waals surface area contributed by atoms with Crippen LogP contribution in [0.25, 0.3) is 0 Å². The van der Waals surface area contributed by atoms with E-state index in [4.69, 9.17) is 29.6 Å². The summed E-state index contributed by atoms with van der Waals surface area (Å²) in [6.07, 6.45) is 5.24. The number of unbranched alkanes of at least 4 members (excludes halogenated alkanes) is 2. The van der Waals surface area contributed by atoms with Gasteiger partial charge in [-0.1, -0.05) is 50.5 Å². The van der Waals surface area contributed by atoms with Gasteiger partial charge in [0, 0.05) is 18.7 Å². The average Bonchev–Trinajstić information content (AvgIpc) is 2.85. The Balaban J connectivity index is 2.27. The maximum Gasteiger partial charge on any atom is 0.226 e. The molecule has 6 nitrogen and oxygen atoms in total. The van der Waals surface area contributed by atoms with Gasteiger partial charge in [0.05, 0.1) is 5.56 Å². The molecule has 1 heterocycles. The van der Waals surface area contributed by atoms with Crippen LogP contribution < -0.4 is 16.4 Å². The van der Waals surface area contributed by atoms with Crippen LogP contribution in [0, 0.1) is 11.8 Å². The van der Waals surface area contributed by atoms with Gasteiger partial charge in [-0.25, -0.2) is 4.98 Å². The Morgan fingerprint density at radius 3 is 2.73 bits per heavy atom. The minimum absolute atomic E-state index is 0.169. The van der Waals surface area contributed by atoms with Gasteiger partial charge in [0.15, 0.2) is 0 Å². The lowest BCUT2D eigenvalue weighted by Crippen LogP contribution is -2.40. The second kappa shape index (κ2) is 9.15. The number of aliphatic hydroxyl groups is 1. The summed E-state index contributed by atoms with van der Waals surface area (Å²) in [7, 11) is 0. The molecule has 1 aromatic heterocycles. The Kier molecular flexibility index (Phi) is 7.43. The molecular formula is C18H30ClN5OS. The van der Waals surface area contributed by atoms with E-state index in [1.54, 1.807) is 0 Å². The summed E-state index contributed by atoms with van der Waals surface area (Å²) in [5, 5.41) is 16.6. The number of hydrogen-bond donors (Lipinski definition) is 4. The van der Waals surface area contributed by atoms with Crippen molar-refractivity contribution in [2.75, 3.05) is 23.8 Å². The van der Waals surface area contributed by atoms with E-state index < -0.39 is 0 Å². The SMILES string of the molecule is CCCCCNc1nc(Cl)c(C(N)=S)c(NC2(C)CCC(CO)C2C)n1. The minimum Gasteiger partial charge on any atom is -0.396 e. The Morgan fingerprint density at radius 2 is 2.15 bits per heavy atom. The molecule has 26 heavy (non-hydrogen) atoms. The smallest absolute Gasteiger partial charge is 0.226 e. The molecule has 0 amide bonds. The highest BCUT2D eigenvalue weighted by Gasteiger charge is 2.42. The van der Waals surface area contributed by atoms with Crippen molar-refractivity contribution < 1.29 is 5.11 Å². The third kappa shape index (κ3) is 4.75. The number of hydrogen-bond acceptors (Lipinski definition) is 6. The zero-order valence-corrected chi connectivity index (χ0v) is 17.4. The van der Waals surface area contributed by atoms with Gasteiger partial charge < -0.3 is 21.5 Å². The zero-order chi connectivity index (χ0) is 19.3. The van der Waals surface area contributed by atoms with E-state index in [9.17, 15) is 5.11 Å². The highest BCUT2D eigenvalue weighted by molar-refractivity contribution is 7.80. The minimum atomic E-state index is -0.218. The molecule has 1 fully saturated rings. The zero-order valence-electron chi connectivity index (χ0n) is 15.8. The first kappa shape index (κ1) is 21.1. The monoisotopic (exact) mass is 399 g/mol. The van der Waals surface area contributed by atoms with Crippen molar-refractivity contribution in [1.82, 2.24) is 9.97 Å². The van der Waals surface area contributed by atoms with E-state index >= 15 is 0 Å². The van der Waals surface area contributed by atoms with Crippen molar-refractivity contribution >= 4 is 40.6 Å². The molecule has 0 bridgehead atoms. The van der Waals surface area contributed by atoms with Crippen LogP contribution in [-0.2, 0) is 0 Å². The predicted octanol–water partition coefficient (Wildman–Crippen LogP) is 3.58. The molecule has 0 radical (unpaired) electrons. The quantitative estimate of drug-likeness (QED) is 0.286. The summed E-state index contributed by atoms with van der Waals surface area (Å²) in [6, 6.07) is 0. The van der Waals surface area contributed by atoms with Gasteiger partial charge in [0.2, 0.25) is 5.95 Å². The molecule has 0 saturated heterocycles. The molecule has 0 spiro atoms. The first-order valence-electron chi connectivity index (χ1n) is 9.32. The topological polar surface area (TPSA) is 96.1 Å². The van der Waals surface area contributed by atoms with Crippen LogP contribution in [0.2, 0.25) is 5.15 Å². The Morgan fingerprint density at radius 1 is 1.42 bits per heavy atom. The van der Waals surface area contributed by atoms with Crippen molar-refractivity contribution in [2.24, 2.45) is 17.6 Å². The van der Waals surface area contributed by atoms with Gasteiger partial charge in [-0.15, -0.1) is 0 Å². The lowest BCUT2D eigenvalue weighted by Gasteiger charge is -2.33. The highest BCUT2D eigenvalue weighted by atomic mass is 35.5. The van der Waals surface area contributed by atoms with E-state index in [0.29, 0.717) is 17.3 Å². The van der Waals surface area contributed by atoms with Gasteiger partial charge in [-0.3, -0.25) is 0 Å². The number of nitrogens with one attached hydrogen (secondary N) is 2. The molecule has 8 heteroatoms. The molecular weight excluding hydrogens is 370 g/mol. The number of nitrogens with two attached hydrogens (primary N) is 1. The molecule has 3 atom stereocenters. The molecule has 3 unspecified atom stereocenters. The van der Waals surface area contributed by atoms with Crippen LogP contribution in [0.5, 0.6) is 0 Å². The van der Waals surface area contributed by atoms with Crippen molar-refractivity contribution in [2.45, 2.75) is 58.4 Å². The highest BCUT2D eigenvalue weighted by Crippen LogP contribution is 2.42. The van der Waals surface area contributed by atoms with E-state index in [2.05, 4.69) is 41.4 Å². The number of nitrogens with zero attached hydrogens (tertiary/aromatic N) is 2. The fourth-order valence-corrected chi connectivity index (χ4v) is 4.10. The second-order valence-electron chi connectivity index (χ2n) is 7.37. The molecule has 1 aliphatic rings. The maximum absolute atomic E-state index is 9.58. The van der Waals surface area contributed by atoms with E-state index in [1.807, 2.05) is 0 Å². The number of thiocarbonyl (C=S) groups is 1. The van der Waals surface area contributed by atoms with Gasteiger partial charge in [0.1, 0.15) is 16.0 Å². The first-order valence-corrected chi connectivity index (χ1v) is 10.1. The van der Waals surface area contributed by atoms with Gasteiger partial charge >= 0.3 is 0 Å². The van der Waals surface area contributed by atoms with E-state index in [1.165, 1.54) is 0 Å². The van der Waals surface area contributed by atoms with Crippen molar-refractivity contribution in [3.05, 3.63) is 10.7 Å². The van der Waals surface area contributed by atoms with Crippen LogP contribution >= 0.6 is 23.8 Å². The lowest BCUT2D eigenvalue weighted by atomic mass is 9.86. The van der Waals surface area contributed by atoms with E-state index in [-0.39, 0.29) is 34.1 Å². The first-order chi connectivity index (χ1) is 12.3. The van der Waals surface area contributed by atoms with Crippen LogP contribution in [0.4, 0.5) is 11.8 Å². The predicted molar refractivity (Wildman–Crippen MR) is 112 cm³/mol. The third-order valence-corrected chi connectivity index (χ3v) is 6.04.